The van der Waals surface area contributed by atoms with Gasteiger partial charge in [-0.1, -0.05) is 12.1 Å². The zero-order valence-corrected chi connectivity index (χ0v) is 11.8. The Morgan fingerprint density at radius 2 is 2.11 bits per heavy atom. The van der Waals surface area contributed by atoms with Crippen LogP contribution in [0.1, 0.15) is 15.4 Å². The van der Waals surface area contributed by atoms with E-state index in [9.17, 15) is 8.42 Å². The number of nitrogens with zero attached hydrogens (tertiary/aromatic N) is 1. The van der Waals surface area contributed by atoms with Gasteiger partial charge in [0.05, 0.1) is 11.4 Å². The van der Waals surface area contributed by atoms with Crippen molar-refractivity contribution >= 4 is 21.4 Å². The van der Waals surface area contributed by atoms with Crippen LogP contribution in [0.4, 0.5) is 0 Å². The van der Waals surface area contributed by atoms with Gasteiger partial charge in [-0.05, 0) is 31.5 Å². The Morgan fingerprint density at radius 3 is 2.72 bits per heavy atom. The minimum absolute atomic E-state index is 0.231. The number of rotatable bonds is 4. The summed E-state index contributed by atoms with van der Waals surface area (Å²) in [5, 5.41) is 0.767. The van der Waals surface area contributed by atoms with E-state index in [1.165, 1.54) is 11.3 Å². The molecule has 0 saturated carbocycles. The molecule has 1 N–H and O–H groups in total. The van der Waals surface area contributed by atoms with Crippen LogP contribution in [-0.4, -0.2) is 13.4 Å². The van der Waals surface area contributed by atoms with Gasteiger partial charge in [0.25, 0.3) is 0 Å². The Balaban J connectivity index is 2.13. The van der Waals surface area contributed by atoms with Crippen molar-refractivity contribution < 1.29 is 8.42 Å². The number of benzene rings is 1. The van der Waals surface area contributed by atoms with E-state index in [0.717, 1.165) is 15.4 Å². The first-order chi connectivity index (χ1) is 8.47. The molecule has 0 amide bonds. The van der Waals surface area contributed by atoms with Crippen LogP contribution in [0.3, 0.4) is 0 Å². The highest BCUT2D eigenvalue weighted by molar-refractivity contribution is 7.89. The summed E-state index contributed by atoms with van der Waals surface area (Å²) >= 11 is 1.49. The van der Waals surface area contributed by atoms with Gasteiger partial charge in [0, 0.05) is 11.1 Å². The second-order valence-electron chi connectivity index (χ2n) is 4.01. The van der Waals surface area contributed by atoms with Crippen molar-refractivity contribution in [2.75, 3.05) is 0 Å². The molecular formula is C12H14N2O2S2. The molecule has 0 aliphatic heterocycles. The van der Waals surface area contributed by atoms with Crippen LogP contribution in [0.15, 0.2) is 35.4 Å². The summed E-state index contributed by atoms with van der Waals surface area (Å²) in [4.78, 5) is 5.48. The predicted octanol–water partition coefficient (Wildman–Crippen LogP) is 2.24. The van der Waals surface area contributed by atoms with E-state index in [4.69, 9.17) is 0 Å². The number of nitrogens with one attached hydrogen (secondary N) is 1. The molecule has 0 fully saturated rings. The summed E-state index contributed by atoms with van der Waals surface area (Å²) < 4.78 is 26.6. The molecule has 4 nitrogen and oxygen atoms in total. The van der Waals surface area contributed by atoms with Crippen molar-refractivity contribution in [3.05, 3.63) is 45.9 Å². The summed E-state index contributed by atoms with van der Waals surface area (Å²) in [5.41, 5.74) is 0.919. The van der Waals surface area contributed by atoms with Crippen LogP contribution in [0.5, 0.6) is 0 Å². The van der Waals surface area contributed by atoms with E-state index >= 15 is 0 Å². The molecule has 2 aromatic rings. The summed E-state index contributed by atoms with van der Waals surface area (Å²) in [6, 6.07) is 6.83. The number of hydrogen-bond acceptors (Lipinski definition) is 4. The van der Waals surface area contributed by atoms with E-state index in [1.807, 2.05) is 19.9 Å². The van der Waals surface area contributed by atoms with Crippen LogP contribution >= 0.6 is 11.3 Å². The quantitative estimate of drug-likeness (QED) is 0.935. The third-order valence-electron chi connectivity index (χ3n) is 2.38. The molecule has 0 unspecified atom stereocenters. The molecule has 0 radical (unpaired) electrons. The molecule has 1 heterocycles. The second kappa shape index (κ2) is 5.17. The zero-order valence-electron chi connectivity index (χ0n) is 10.2. The fraction of sp³-hybridized carbons (Fsp3) is 0.250. The Morgan fingerprint density at radius 1 is 1.33 bits per heavy atom. The van der Waals surface area contributed by atoms with Crippen LogP contribution in [-0.2, 0) is 16.6 Å². The maximum atomic E-state index is 12.0. The number of sulfonamides is 1. The number of thiazole rings is 1. The Kier molecular flexibility index (Phi) is 3.79. The third kappa shape index (κ3) is 3.16. The lowest BCUT2D eigenvalue weighted by molar-refractivity contribution is 0.581. The van der Waals surface area contributed by atoms with Gasteiger partial charge in [0.1, 0.15) is 5.01 Å². The van der Waals surface area contributed by atoms with Gasteiger partial charge in [-0.15, -0.1) is 11.3 Å². The highest BCUT2D eigenvalue weighted by Gasteiger charge is 2.14. The first-order valence-electron chi connectivity index (χ1n) is 5.45. The van der Waals surface area contributed by atoms with Gasteiger partial charge in [0.2, 0.25) is 10.0 Å². The summed E-state index contributed by atoms with van der Waals surface area (Å²) in [7, 11) is -3.46. The second-order valence-corrected chi connectivity index (χ2v) is 7.09. The smallest absolute Gasteiger partial charge is 0.240 e. The van der Waals surface area contributed by atoms with E-state index in [-0.39, 0.29) is 11.4 Å². The van der Waals surface area contributed by atoms with Gasteiger partial charge >= 0.3 is 0 Å². The van der Waals surface area contributed by atoms with Crippen molar-refractivity contribution in [2.24, 2.45) is 0 Å². The molecule has 1 aromatic heterocycles. The minimum Gasteiger partial charge on any atom is -0.248 e. The maximum absolute atomic E-state index is 12.0. The summed E-state index contributed by atoms with van der Waals surface area (Å²) in [6.07, 6.45) is 1.74. The molecule has 0 aliphatic carbocycles. The molecular weight excluding hydrogens is 268 g/mol. The summed E-state index contributed by atoms with van der Waals surface area (Å²) in [6.45, 7) is 4.04. The lowest BCUT2D eigenvalue weighted by Gasteiger charge is -2.05. The molecule has 1 aromatic carbocycles. The number of hydrogen-bond donors (Lipinski definition) is 1. The molecule has 96 valence electrons. The fourth-order valence-corrected chi connectivity index (χ4v) is 3.42. The monoisotopic (exact) mass is 282 g/mol. The van der Waals surface area contributed by atoms with Gasteiger partial charge in [-0.3, -0.25) is 0 Å². The molecule has 6 heteroatoms. The molecule has 0 bridgehead atoms. The molecule has 0 saturated heterocycles. The van der Waals surface area contributed by atoms with E-state index in [0.29, 0.717) is 0 Å². The van der Waals surface area contributed by atoms with Gasteiger partial charge in [-0.2, -0.15) is 0 Å². The molecule has 18 heavy (non-hydrogen) atoms. The zero-order chi connectivity index (χ0) is 13.2. The van der Waals surface area contributed by atoms with Crippen LogP contribution in [0.25, 0.3) is 0 Å². The van der Waals surface area contributed by atoms with Crippen LogP contribution in [0.2, 0.25) is 0 Å². The fourth-order valence-electron chi connectivity index (χ4n) is 1.51. The predicted molar refractivity (Wildman–Crippen MR) is 72.1 cm³/mol. The first kappa shape index (κ1) is 13.2. The van der Waals surface area contributed by atoms with Crippen molar-refractivity contribution in [3.8, 4) is 0 Å². The molecule has 2 rings (SSSR count). The minimum atomic E-state index is -3.46. The lowest BCUT2D eigenvalue weighted by atomic mass is 10.2. The van der Waals surface area contributed by atoms with Crippen molar-refractivity contribution in [1.82, 2.24) is 9.71 Å². The third-order valence-corrected chi connectivity index (χ3v) is 4.69. The van der Waals surface area contributed by atoms with Gasteiger partial charge < -0.3 is 0 Å². The lowest BCUT2D eigenvalue weighted by Crippen LogP contribution is -2.23. The van der Waals surface area contributed by atoms with Gasteiger partial charge in [-0.25, -0.2) is 18.1 Å². The average molecular weight is 282 g/mol. The van der Waals surface area contributed by atoms with E-state index < -0.39 is 10.0 Å². The van der Waals surface area contributed by atoms with Crippen molar-refractivity contribution in [3.63, 3.8) is 0 Å². The van der Waals surface area contributed by atoms with Crippen LogP contribution < -0.4 is 4.72 Å². The SMILES string of the molecule is Cc1cccc(S(=O)(=O)NCc2ncc(C)s2)c1. The molecule has 0 spiro atoms. The van der Waals surface area contributed by atoms with Crippen molar-refractivity contribution in [2.45, 2.75) is 25.3 Å². The number of aryl methyl sites for hydroxylation is 2. The number of aromatic nitrogens is 1. The average Bonchev–Trinajstić information content (AvgIpc) is 2.73. The first-order valence-corrected chi connectivity index (χ1v) is 7.75. The Hall–Kier alpha value is -1.24. The van der Waals surface area contributed by atoms with E-state index in [2.05, 4.69) is 9.71 Å². The highest BCUT2D eigenvalue weighted by atomic mass is 32.2. The summed E-state index contributed by atoms with van der Waals surface area (Å²) in [5.74, 6) is 0. The van der Waals surface area contributed by atoms with Crippen molar-refractivity contribution in [1.29, 1.82) is 0 Å². The standard InChI is InChI=1S/C12H14N2O2S2/c1-9-4-3-5-11(6-9)18(15,16)14-8-12-13-7-10(2)17-12/h3-7,14H,8H2,1-2H3. The van der Waals surface area contributed by atoms with Crippen LogP contribution in [0, 0.1) is 13.8 Å². The molecule has 0 atom stereocenters. The largest absolute Gasteiger partial charge is 0.248 e. The Bertz CT molecular complexity index is 648. The Labute approximate surface area is 111 Å². The van der Waals surface area contributed by atoms with E-state index in [1.54, 1.807) is 24.4 Å². The molecule has 0 aliphatic rings. The maximum Gasteiger partial charge on any atom is 0.240 e. The topological polar surface area (TPSA) is 59.1 Å². The van der Waals surface area contributed by atoms with Gasteiger partial charge in [0.15, 0.2) is 0 Å². The highest BCUT2D eigenvalue weighted by Crippen LogP contribution is 2.14. The normalized spacial score (nSPS) is 11.7.